The van der Waals surface area contributed by atoms with Crippen LogP contribution in [0.15, 0.2) is 24.5 Å². The van der Waals surface area contributed by atoms with Gasteiger partial charge in [-0.25, -0.2) is 4.79 Å². The number of hydrogen-bond donors (Lipinski definition) is 1. The molecule has 0 saturated carbocycles. The molecule has 26 heavy (non-hydrogen) atoms. The number of pyridine rings is 1. The molecule has 0 bridgehead atoms. The maximum Gasteiger partial charge on any atom is 0.409 e. The van der Waals surface area contributed by atoms with Crippen LogP contribution in [0.25, 0.3) is 0 Å². The number of methoxy groups -OCH3 is 1. The van der Waals surface area contributed by atoms with Gasteiger partial charge in [-0.3, -0.25) is 14.7 Å². The van der Waals surface area contributed by atoms with Gasteiger partial charge in [-0.2, -0.15) is 0 Å². The molecule has 7 nitrogen and oxygen atoms in total. The first-order valence-corrected chi connectivity index (χ1v) is 9.41. The molecule has 0 unspecified atom stereocenters. The van der Waals surface area contributed by atoms with Crippen LogP contribution < -0.4 is 5.32 Å². The summed E-state index contributed by atoms with van der Waals surface area (Å²) >= 11 is 0. The molecule has 1 atom stereocenters. The fraction of sp³-hybridized carbons (Fsp3) is 0.632. The number of carbonyl (C=O) groups excluding carboxylic acids is 2. The second-order valence-electron chi connectivity index (χ2n) is 7.10. The Labute approximate surface area is 154 Å². The number of carbonyl (C=O) groups is 2. The Morgan fingerprint density at radius 2 is 2.08 bits per heavy atom. The van der Waals surface area contributed by atoms with Gasteiger partial charge in [0.05, 0.1) is 13.0 Å². The molecule has 2 fully saturated rings. The van der Waals surface area contributed by atoms with E-state index >= 15 is 0 Å². The molecule has 0 radical (unpaired) electrons. The highest BCUT2D eigenvalue weighted by atomic mass is 16.5. The minimum atomic E-state index is -0.241. The second-order valence-corrected chi connectivity index (χ2v) is 7.10. The minimum Gasteiger partial charge on any atom is -0.453 e. The van der Waals surface area contributed by atoms with Gasteiger partial charge in [0.1, 0.15) is 0 Å². The van der Waals surface area contributed by atoms with E-state index in [1.807, 2.05) is 12.1 Å². The molecule has 2 saturated heterocycles. The molecule has 0 aliphatic carbocycles. The topological polar surface area (TPSA) is 74.8 Å². The van der Waals surface area contributed by atoms with E-state index in [2.05, 4.69) is 15.2 Å². The number of likely N-dealkylation sites (tertiary alicyclic amines) is 2. The summed E-state index contributed by atoms with van der Waals surface area (Å²) < 4.78 is 4.80. The predicted octanol–water partition coefficient (Wildman–Crippen LogP) is 1.64. The Balaban J connectivity index is 1.46. The summed E-state index contributed by atoms with van der Waals surface area (Å²) in [5.41, 5.74) is 1.02. The molecular weight excluding hydrogens is 332 g/mol. The fourth-order valence-corrected chi connectivity index (χ4v) is 3.93. The average molecular weight is 360 g/mol. The predicted molar refractivity (Wildman–Crippen MR) is 97.4 cm³/mol. The van der Waals surface area contributed by atoms with Crippen LogP contribution in [-0.4, -0.2) is 66.1 Å². The Morgan fingerprint density at radius 1 is 1.27 bits per heavy atom. The number of nitrogens with one attached hydrogen (secondary N) is 1. The maximum absolute atomic E-state index is 12.6. The minimum absolute atomic E-state index is 0.0408. The average Bonchev–Trinajstić information content (AvgIpc) is 2.72. The van der Waals surface area contributed by atoms with E-state index < -0.39 is 0 Å². The smallest absolute Gasteiger partial charge is 0.409 e. The molecule has 2 aliphatic heterocycles. The first-order valence-electron chi connectivity index (χ1n) is 9.41. The molecule has 1 aromatic rings. The molecule has 2 amide bonds. The van der Waals surface area contributed by atoms with Crippen LogP contribution in [0.2, 0.25) is 0 Å². The van der Waals surface area contributed by atoms with Gasteiger partial charge in [0.25, 0.3) is 0 Å². The number of aromatic nitrogens is 1. The first kappa shape index (κ1) is 18.6. The van der Waals surface area contributed by atoms with Gasteiger partial charge in [-0.15, -0.1) is 0 Å². The first-order chi connectivity index (χ1) is 12.7. The van der Waals surface area contributed by atoms with Crippen molar-refractivity contribution < 1.29 is 14.3 Å². The van der Waals surface area contributed by atoms with Gasteiger partial charge in [-0.1, -0.05) is 6.07 Å². The molecule has 3 rings (SSSR count). The molecule has 1 aromatic heterocycles. The van der Waals surface area contributed by atoms with Crippen molar-refractivity contribution in [2.75, 3.05) is 33.3 Å². The third-order valence-corrected chi connectivity index (χ3v) is 5.43. The summed E-state index contributed by atoms with van der Waals surface area (Å²) in [5, 5.41) is 3.05. The molecule has 1 N–H and O–H groups in total. The summed E-state index contributed by atoms with van der Waals surface area (Å²) in [4.78, 5) is 32.4. The van der Waals surface area contributed by atoms with Crippen LogP contribution in [0.3, 0.4) is 0 Å². The van der Waals surface area contributed by atoms with Crippen LogP contribution in [-0.2, 0) is 16.1 Å². The van der Waals surface area contributed by atoms with E-state index in [-0.39, 0.29) is 17.9 Å². The molecular formula is C19H28N4O3. The summed E-state index contributed by atoms with van der Waals surface area (Å²) in [7, 11) is 1.42. The van der Waals surface area contributed by atoms with Gasteiger partial charge in [-0.05, 0) is 43.9 Å². The van der Waals surface area contributed by atoms with E-state index in [0.717, 1.165) is 57.4 Å². The molecule has 142 valence electrons. The highest BCUT2D eigenvalue weighted by Gasteiger charge is 2.32. The summed E-state index contributed by atoms with van der Waals surface area (Å²) in [6.45, 7) is 3.83. The van der Waals surface area contributed by atoms with Crippen molar-refractivity contribution in [3.63, 3.8) is 0 Å². The van der Waals surface area contributed by atoms with Gasteiger partial charge >= 0.3 is 6.09 Å². The Bertz CT molecular complexity index is 602. The Morgan fingerprint density at radius 3 is 2.77 bits per heavy atom. The van der Waals surface area contributed by atoms with Crippen molar-refractivity contribution in [1.82, 2.24) is 20.1 Å². The van der Waals surface area contributed by atoms with Gasteiger partial charge in [0.2, 0.25) is 5.91 Å². The normalized spacial score (nSPS) is 22.0. The number of piperidine rings is 2. The van der Waals surface area contributed by atoms with Crippen LogP contribution in [0.5, 0.6) is 0 Å². The molecule has 7 heteroatoms. The van der Waals surface area contributed by atoms with Gasteiger partial charge in [0.15, 0.2) is 0 Å². The number of amides is 2. The number of rotatable bonds is 4. The van der Waals surface area contributed by atoms with Gasteiger partial charge < -0.3 is 15.0 Å². The van der Waals surface area contributed by atoms with E-state index in [0.29, 0.717) is 12.6 Å². The molecule has 3 heterocycles. The molecule has 0 aromatic carbocycles. The van der Waals surface area contributed by atoms with Crippen LogP contribution in [0.1, 0.15) is 31.2 Å². The molecule has 0 spiro atoms. The fourth-order valence-electron chi connectivity index (χ4n) is 3.93. The van der Waals surface area contributed by atoms with Crippen molar-refractivity contribution >= 4 is 12.0 Å². The van der Waals surface area contributed by atoms with E-state index in [4.69, 9.17) is 4.74 Å². The Hall–Kier alpha value is -2.15. The lowest BCUT2D eigenvalue weighted by Gasteiger charge is -2.41. The highest BCUT2D eigenvalue weighted by molar-refractivity contribution is 5.79. The summed E-state index contributed by atoms with van der Waals surface area (Å²) in [6, 6.07) is 4.30. The maximum atomic E-state index is 12.6. The van der Waals surface area contributed by atoms with Crippen molar-refractivity contribution in [3.05, 3.63) is 30.1 Å². The SMILES string of the molecule is COC(=O)N1CCC(N2CCC[C@@H](C(=O)NCc3cccnc3)C2)CC1. The number of nitrogens with zero attached hydrogens (tertiary/aromatic N) is 3. The lowest BCUT2D eigenvalue weighted by molar-refractivity contribution is -0.127. The van der Waals surface area contributed by atoms with Gasteiger partial charge in [0, 0.05) is 44.6 Å². The van der Waals surface area contributed by atoms with Crippen molar-refractivity contribution in [3.8, 4) is 0 Å². The third-order valence-electron chi connectivity index (χ3n) is 5.43. The Kier molecular flexibility index (Phi) is 6.44. The van der Waals surface area contributed by atoms with E-state index in [1.165, 1.54) is 7.11 Å². The van der Waals surface area contributed by atoms with Crippen LogP contribution in [0, 0.1) is 5.92 Å². The van der Waals surface area contributed by atoms with Crippen molar-refractivity contribution in [2.24, 2.45) is 5.92 Å². The standard InChI is InChI=1S/C19H28N4O3/c1-26-19(25)22-10-6-17(7-11-22)23-9-3-5-16(14-23)18(24)21-13-15-4-2-8-20-12-15/h2,4,8,12,16-17H,3,5-7,9-11,13-14H2,1H3,(H,21,24)/t16-/m1/s1. The summed E-state index contributed by atoms with van der Waals surface area (Å²) in [6.07, 6.45) is 7.14. The summed E-state index contributed by atoms with van der Waals surface area (Å²) in [5.74, 6) is 0.171. The second kappa shape index (κ2) is 8.98. The van der Waals surface area contributed by atoms with Crippen LogP contribution in [0.4, 0.5) is 4.79 Å². The quantitative estimate of drug-likeness (QED) is 0.884. The number of ether oxygens (including phenoxy) is 1. The zero-order valence-electron chi connectivity index (χ0n) is 15.4. The lowest BCUT2D eigenvalue weighted by atomic mass is 9.93. The largest absolute Gasteiger partial charge is 0.453 e. The molecule has 2 aliphatic rings. The van der Waals surface area contributed by atoms with Crippen molar-refractivity contribution in [1.29, 1.82) is 0 Å². The van der Waals surface area contributed by atoms with E-state index in [9.17, 15) is 9.59 Å². The zero-order valence-corrected chi connectivity index (χ0v) is 15.4. The lowest BCUT2D eigenvalue weighted by Crippen LogP contribution is -2.51. The van der Waals surface area contributed by atoms with E-state index in [1.54, 1.807) is 17.3 Å². The third kappa shape index (κ3) is 4.72. The van der Waals surface area contributed by atoms with Crippen molar-refractivity contribution in [2.45, 2.75) is 38.3 Å². The highest BCUT2D eigenvalue weighted by Crippen LogP contribution is 2.24. The zero-order chi connectivity index (χ0) is 18.4. The monoisotopic (exact) mass is 360 g/mol. The van der Waals surface area contributed by atoms with Crippen LogP contribution >= 0.6 is 0 Å². The number of hydrogen-bond acceptors (Lipinski definition) is 5.